The van der Waals surface area contributed by atoms with Crippen LogP contribution in [-0.4, -0.2) is 38.1 Å². The highest BCUT2D eigenvalue weighted by Crippen LogP contribution is 2.42. The number of nitrogens with two attached hydrogens (primary N) is 1. The zero-order valence-electron chi connectivity index (χ0n) is 21.9. The third kappa shape index (κ3) is 6.97. The summed E-state index contributed by atoms with van der Waals surface area (Å²) in [5.74, 6) is -0.582. The molecule has 0 saturated carbocycles. The second-order valence-corrected chi connectivity index (χ2v) is 10.3. The van der Waals surface area contributed by atoms with Gasteiger partial charge in [0, 0.05) is 12.1 Å². The Morgan fingerprint density at radius 1 is 0.950 bits per heavy atom. The number of carbonyl (C=O) groups excluding carboxylic acids is 1. The van der Waals surface area contributed by atoms with Gasteiger partial charge < -0.3 is 15.2 Å². The molecule has 11 heteroatoms. The normalized spacial score (nSPS) is 18.9. The summed E-state index contributed by atoms with van der Waals surface area (Å²) < 4.78 is 55.3. The molecule has 3 aromatic rings. The molecule has 216 valence electrons. The molecule has 1 amide bonds. The summed E-state index contributed by atoms with van der Waals surface area (Å²) >= 11 is 12.4. The molecule has 0 saturated heterocycles. The molecule has 0 bridgehead atoms. The molecule has 1 aliphatic rings. The largest absolute Gasteiger partial charge is 0.490 e. The van der Waals surface area contributed by atoms with Gasteiger partial charge in [0.1, 0.15) is 19.0 Å². The van der Waals surface area contributed by atoms with E-state index in [9.17, 15) is 18.0 Å². The number of anilines is 1. The van der Waals surface area contributed by atoms with Crippen molar-refractivity contribution in [1.82, 2.24) is 0 Å². The number of rotatable bonds is 9. The molecule has 4 rings (SSSR count). The Morgan fingerprint density at radius 3 is 2.20 bits per heavy atom. The van der Waals surface area contributed by atoms with Crippen molar-refractivity contribution in [3.8, 4) is 11.5 Å². The van der Waals surface area contributed by atoms with Crippen molar-refractivity contribution >= 4 is 47.2 Å². The molecule has 4 unspecified atom stereocenters. The van der Waals surface area contributed by atoms with E-state index in [0.717, 1.165) is 11.1 Å². The number of hydrogen-bond donors (Lipinski definition) is 1. The summed E-state index contributed by atoms with van der Waals surface area (Å²) in [6.07, 6.45) is -6.90. The summed E-state index contributed by atoms with van der Waals surface area (Å²) in [6.45, 7) is 3.94. The molecule has 4 atom stereocenters. The van der Waals surface area contributed by atoms with Crippen molar-refractivity contribution in [3.63, 3.8) is 0 Å². The fraction of sp³-hybridized carbons (Fsp3) is 0.345. The van der Waals surface area contributed by atoms with Crippen molar-refractivity contribution in [2.75, 3.05) is 24.7 Å². The minimum atomic E-state index is -2.49. The molecular formula is C29H30Cl3F3N2O3. The van der Waals surface area contributed by atoms with Crippen molar-refractivity contribution in [3.05, 3.63) is 86.9 Å². The molecule has 0 radical (unpaired) electrons. The highest BCUT2D eigenvalue weighted by molar-refractivity contribution is 6.37. The lowest BCUT2D eigenvalue weighted by Crippen LogP contribution is -2.52. The number of nitrogens with zero attached hydrogens (tertiary/aromatic N) is 1. The van der Waals surface area contributed by atoms with E-state index in [1.165, 1.54) is 12.1 Å². The Morgan fingerprint density at radius 2 is 1.57 bits per heavy atom. The lowest BCUT2D eigenvalue weighted by molar-refractivity contribution is -0.124. The van der Waals surface area contributed by atoms with Crippen LogP contribution in [0.4, 0.5) is 18.9 Å². The van der Waals surface area contributed by atoms with Gasteiger partial charge in [-0.1, -0.05) is 53.0 Å². The van der Waals surface area contributed by atoms with Gasteiger partial charge in [-0.3, -0.25) is 9.69 Å². The topological polar surface area (TPSA) is 64.8 Å². The molecule has 1 aliphatic heterocycles. The van der Waals surface area contributed by atoms with Crippen LogP contribution in [0, 0.1) is 19.8 Å². The standard InChI is InChI=1S/C29H29Cl2F3N2O3.ClH/c1-16-3-8-24-21(11-16)25(32)26(33)28(34)36(24)29(37)19(15-35)14-18-4-6-20(7-5-18)38-9-10-39-27-22(30)12-17(2)13-23(27)31;/h3-8,11-13,19,25-26,28H,9-10,14-15,35H2,1-2H3;1H. The number of ether oxygens (including phenoxy) is 2. The van der Waals surface area contributed by atoms with Gasteiger partial charge in [0.2, 0.25) is 12.2 Å². The molecule has 2 N–H and O–H groups in total. The Kier molecular flexibility index (Phi) is 11.0. The van der Waals surface area contributed by atoms with Gasteiger partial charge in [0.15, 0.2) is 18.1 Å². The maximum Gasteiger partial charge on any atom is 0.234 e. The van der Waals surface area contributed by atoms with Gasteiger partial charge in [0.05, 0.1) is 21.7 Å². The van der Waals surface area contributed by atoms with Crippen LogP contribution in [-0.2, 0) is 11.2 Å². The van der Waals surface area contributed by atoms with E-state index < -0.39 is 30.5 Å². The van der Waals surface area contributed by atoms with Gasteiger partial charge in [0.25, 0.3) is 0 Å². The predicted molar refractivity (Wildman–Crippen MR) is 154 cm³/mol. The number of hydrogen-bond acceptors (Lipinski definition) is 4. The lowest BCUT2D eigenvalue weighted by Gasteiger charge is -2.38. The van der Waals surface area contributed by atoms with Crippen LogP contribution in [0.1, 0.15) is 28.4 Å². The first-order chi connectivity index (χ1) is 18.6. The SMILES string of the molecule is Cc1cc(Cl)c(OCCOc2ccc(CC(CN)C(=O)N3c4ccc(C)cc4C(F)C(F)C3F)cc2)c(Cl)c1.Cl. The molecule has 40 heavy (non-hydrogen) atoms. The van der Waals surface area contributed by atoms with Crippen LogP contribution in [0.3, 0.4) is 0 Å². The van der Waals surface area contributed by atoms with Crippen LogP contribution < -0.4 is 20.1 Å². The van der Waals surface area contributed by atoms with Crippen LogP contribution >= 0.6 is 35.6 Å². The number of alkyl halides is 3. The molecule has 0 aromatic heterocycles. The smallest absolute Gasteiger partial charge is 0.234 e. The number of halogens is 6. The monoisotopic (exact) mass is 616 g/mol. The maximum atomic E-state index is 14.9. The predicted octanol–water partition coefficient (Wildman–Crippen LogP) is 7.30. The summed E-state index contributed by atoms with van der Waals surface area (Å²) in [7, 11) is 0. The zero-order chi connectivity index (χ0) is 28.3. The van der Waals surface area contributed by atoms with E-state index in [1.54, 1.807) is 49.4 Å². The first kappa shape index (κ1) is 31.9. The third-order valence-electron chi connectivity index (χ3n) is 6.55. The van der Waals surface area contributed by atoms with Crippen molar-refractivity contribution < 1.29 is 27.4 Å². The van der Waals surface area contributed by atoms with Crippen LogP contribution in [0.15, 0.2) is 54.6 Å². The number of fused-ring (bicyclic) bond motifs is 1. The molecule has 0 fully saturated rings. The van der Waals surface area contributed by atoms with Crippen LogP contribution in [0.2, 0.25) is 10.0 Å². The Labute approximate surface area is 247 Å². The number of carbonyl (C=O) groups is 1. The van der Waals surface area contributed by atoms with Crippen molar-refractivity contribution in [2.45, 2.75) is 38.9 Å². The second kappa shape index (κ2) is 13.8. The fourth-order valence-electron chi connectivity index (χ4n) is 4.54. The molecule has 5 nitrogen and oxygen atoms in total. The average molecular weight is 618 g/mol. The van der Waals surface area contributed by atoms with Crippen LogP contribution in [0.25, 0.3) is 0 Å². The first-order valence-corrected chi connectivity index (χ1v) is 13.2. The van der Waals surface area contributed by atoms with Crippen LogP contribution in [0.5, 0.6) is 11.5 Å². The number of amides is 1. The third-order valence-corrected chi connectivity index (χ3v) is 7.11. The molecule has 0 spiro atoms. The molecule has 0 aliphatic carbocycles. The van der Waals surface area contributed by atoms with Gasteiger partial charge in [-0.15, -0.1) is 12.4 Å². The first-order valence-electron chi connectivity index (χ1n) is 12.5. The molecule has 3 aromatic carbocycles. The van der Waals surface area contributed by atoms with E-state index >= 15 is 0 Å². The molecule has 1 heterocycles. The fourth-order valence-corrected chi connectivity index (χ4v) is 5.25. The Balaban J connectivity index is 0.00000441. The minimum absolute atomic E-state index is 0. The summed E-state index contributed by atoms with van der Waals surface area (Å²) in [5.41, 5.74) is 8.21. The summed E-state index contributed by atoms with van der Waals surface area (Å²) in [4.78, 5) is 14.0. The Hall–Kier alpha value is -2.65. The summed E-state index contributed by atoms with van der Waals surface area (Å²) in [5, 5.41) is 0.837. The zero-order valence-corrected chi connectivity index (χ0v) is 24.2. The van der Waals surface area contributed by atoms with Gasteiger partial charge in [-0.2, -0.15) is 0 Å². The van der Waals surface area contributed by atoms with E-state index in [2.05, 4.69) is 0 Å². The van der Waals surface area contributed by atoms with E-state index in [0.29, 0.717) is 32.0 Å². The van der Waals surface area contributed by atoms with Gasteiger partial charge in [-0.05, 0) is 61.7 Å². The highest BCUT2D eigenvalue weighted by atomic mass is 35.5. The lowest BCUT2D eigenvalue weighted by atomic mass is 9.92. The number of benzene rings is 3. The average Bonchev–Trinajstić information content (AvgIpc) is 2.90. The quantitative estimate of drug-likeness (QED) is 0.202. The summed E-state index contributed by atoms with van der Waals surface area (Å²) in [6, 6.07) is 15.0. The van der Waals surface area contributed by atoms with E-state index in [4.69, 9.17) is 38.4 Å². The second-order valence-electron chi connectivity index (χ2n) is 9.52. The highest BCUT2D eigenvalue weighted by Gasteiger charge is 2.46. The van der Waals surface area contributed by atoms with E-state index in [1.807, 2.05) is 6.92 Å². The molecular weight excluding hydrogens is 588 g/mol. The van der Waals surface area contributed by atoms with E-state index in [-0.39, 0.29) is 49.8 Å². The van der Waals surface area contributed by atoms with Gasteiger partial charge in [-0.25, -0.2) is 13.2 Å². The maximum absolute atomic E-state index is 14.9. The van der Waals surface area contributed by atoms with Crippen molar-refractivity contribution in [1.29, 1.82) is 0 Å². The Bertz CT molecular complexity index is 1310. The van der Waals surface area contributed by atoms with Crippen molar-refractivity contribution in [2.24, 2.45) is 11.7 Å². The van der Waals surface area contributed by atoms with Gasteiger partial charge >= 0.3 is 0 Å². The minimum Gasteiger partial charge on any atom is -0.490 e. The number of aryl methyl sites for hydroxylation is 2.